The summed E-state index contributed by atoms with van der Waals surface area (Å²) in [7, 11) is 3.33. The molecule has 0 atom stereocenters. The largest absolute Gasteiger partial charge is 0.497 e. The molecule has 6 heteroatoms. The Morgan fingerprint density at radius 1 is 0.970 bits per heavy atom. The van der Waals surface area contributed by atoms with Gasteiger partial charge in [-0.1, -0.05) is 36.1 Å². The van der Waals surface area contributed by atoms with Gasteiger partial charge in [-0.05, 0) is 97.1 Å². The number of allylic oxidation sites excluding steroid dienone is 5. The van der Waals surface area contributed by atoms with E-state index in [2.05, 4.69) is 18.2 Å². The second-order valence-electron chi connectivity index (χ2n) is 10.2. The van der Waals surface area contributed by atoms with Gasteiger partial charge in [-0.25, -0.2) is 0 Å². The summed E-state index contributed by atoms with van der Waals surface area (Å²) < 4.78 is 11.6. The molecule has 6 aliphatic rings. The monoisotopic (exact) mass is 479 g/mol. The van der Waals surface area contributed by atoms with Gasteiger partial charge in [0.2, 0.25) is 0 Å². The predicted octanol–water partition coefficient (Wildman–Crippen LogP) is 5.99. The quantitative estimate of drug-likeness (QED) is 0.383. The van der Waals surface area contributed by atoms with Crippen molar-refractivity contribution in [2.45, 2.75) is 44.6 Å². The molecule has 1 amide bonds. The molecule has 1 aliphatic heterocycles. The molecule has 4 bridgehead atoms. The number of ether oxygens (including phenoxy) is 2. The topological polar surface area (TPSA) is 38.8 Å². The van der Waals surface area contributed by atoms with Crippen molar-refractivity contribution in [2.75, 3.05) is 14.2 Å². The van der Waals surface area contributed by atoms with E-state index in [0.29, 0.717) is 17.9 Å². The number of carbonyl (C=O) groups is 1. The van der Waals surface area contributed by atoms with Crippen LogP contribution < -0.4 is 9.47 Å². The molecule has 33 heavy (non-hydrogen) atoms. The summed E-state index contributed by atoms with van der Waals surface area (Å²) in [4.78, 5) is 16.3. The molecular formula is C27H29NO3S2. The highest BCUT2D eigenvalue weighted by Gasteiger charge is 2.53. The average Bonchev–Trinajstić information content (AvgIpc) is 3.38. The van der Waals surface area contributed by atoms with Crippen LogP contribution in [0.4, 0.5) is 0 Å². The second-order valence-corrected chi connectivity index (χ2v) is 11.9. The van der Waals surface area contributed by atoms with Crippen LogP contribution in [-0.4, -0.2) is 35.4 Å². The minimum absolute atomic E-state index is 0.125. The zero-order valence-corrected chi connectivity index (χ0v) is 20.7. The molecule has 0 radical (unpaired) electrons. The SMILES string of the molecule is COc1cc(OC)cc(C2=CC=C(/C=C3\SC(=S)N(C4C5CC6CC(C5)CC4C6)C3=O)C2)c1. The summed E-state index contributed by atoms with van der Waals surface area (Å²) in [5.41, 5.74) is 3.40. The Balaban J connectivity index is 1.18. The van der Waals surface area contributed by atoms with E-state index in [1.807, 2.05) is 23.1 Å². The number of thiocarbonyl (C=S) groups is 1. The maximum absolute atomic E-state index is 13.5. The lowest BCUT2D eigenvalue weighted by Gasteiger charge is -2.56. The first-order chi connectivity index (χ1) is 16.0. The maximum Gasteiger partial charge on any atom is 0.266 e. The van der Waals surface area contributed by atoms with E-state index in [9.17, 15) is 4.79 Å². The minimum atomic E-state index is 0.125. The van der Waals surface area contributed by atoms with Gasteiger partial charge < -0.3 is 9.47 Å². The number of nitrogens with zero attached hydrogens (tertiary/aromatic N) is 1. The van der Waals surface area contributed by atoms with Crippen LogP contribution in [0.1, 0.15) is 44.1 Å². The summed E-state index contributed by atoms with van der Waals surface area (Å²) in [5, 5.41) is 0. The first-order valence-corrected chi connectivity index (χ1v) is 13.1. The molecule has 0 unspecified atom stereocenters. The molecule has 5 fully saturated rings. The third kappa shape index (κ3) is 3.75. The van der Waals surface area contributed by atoms with Crippen molar-refractivity contribution in [1.82, 2.24) is 4.90 Å². The Bertz CT molecular complexity index is 1070. The van der Waals surface area contributed by atoms with E-state index in [1.54, 1.807) is 14.2 Å². The van der Waals surface area contributed by atoms with Crippen molar-refractivity contribution in [3.05, 3.63) is 52.5 Å². The molecule has 4 nitrogen and oxygen atoms in total. The molecule has 0 spiro atoms. The highest BCUT2D eigenvalue weighted by molar-refractivity contribution is 8.26. The summed E-state index contributed by atoms with van der Waals surface area (Å²) in [6.07, 6.45) is 13.6. The molecule has 172 valence electrons. The van der Waals surface area contributed by atoms with Crippen molar-refractivity contribution in [3.63, 3.8) is 0 Å². The number of carbonyl (C=O) groups excluding carboxylic acids is 1. The predicted molar refractivity (Wildman–Crippen MR) is 136 cm³/mol. The Kier molecular flexibility index (Phi) is 5.41. The standard InChI is InChI=1S/C27H29NO3S2/c1-30-22-12-19(13-23(14-22)31-2)18-4-3-15(6-18)11-24-26(29)28(27(32)33-24)25-20-7-16-5-17(9-20)10-21(25)8-16/h3-4,11-14,16-17,20-21,25H,5-10H2,1-2H3/b24-11-. The van der Waals surface area contributed by atoms with Gasteiger partial charge in [0.1, 0.15) is 15.8 Å². The van der Waals surface area contributed by atoms with Gasteiger partial charge in [0.05, 0.1) is 19.1 Å². The fourth-order valence-corrected chi connectivity index (χ4v) is 8.42. The number of amides is 1. The van der Waals surface area contributed by atoms with E-state index >= 15 is 0 Å². The first-order valence-electron chi connectivity index (χ1n) is 11.9. The zero-order valence-electron chi connectivity index (χ0n) is 19.1. The van der Waals surface area contributed by atoms with E-state index < -0.39 is 0 Å². The first kappa shape index (κ1) is 21.5. The van der Waals surface area contributed by atoms with Gasteiger partial charge in [-0.3, -0.25) is 9.69 Å². The molecular weight excluding hydrogens is 450 g/mol. The maximum atomic E-state index is 13.5. The summed E-state index contributed by atoms with van der Waals surface area (Å²) in [6.45, 7) is 0. The molecule has 1 saturated heterocycles. The lowest BCUT2D eigenvalue weighted by Crippen LogP contribution is -2.57. The fourth-order valence-electron chi connectivity index (χ4n) is 7.06. The van der Waals surface area contributed by atoms with Gasteiger partial charge in [-0.2, -0.15) is 0 Å². The van der Waals surface area contributed by atoms with Crippen molar-refractivity contribution < 1.29 is 14.3 Å². The fraction of sp³-hybridized carbons (Fsp3) is 0.481. The summed E-state index contributed by atoms with van der Waals surface area (Å²) >= 11 is 7.24. The lowest BCUT2D eigenvalue weighted by molar-refractivity contribution is -0.130. The average molecular weight is 480 g/mol. The van der Waals surface area contributed by atoms with E-state index in [4.69, 9.17) is 21.7 Å². The van der Waals surface area contributed by atoms with Crippen molar-refractivity contribution >= 4 is 39.8 Å². The molecule has 7 rings (SSSR count). The van der Waals surface area contributed by atoms with Crippen LogP contribution >= 0.6 is 24.0 Å². The molecule has 0 aromatic heterocycles. The molecule has 1 aromatic carbocycles. The van der Waals surface area contributed by atoms with Crippen LogP contribution in [0.5, 0.6) is 11.5 Å². The van der Waals surface area contributed by atoms with E-state index in [1.165, 1.54) is 49.4 Å². The Labute approximate surface area is 205 Å². The molecule has 5 aliphatic carbocycles. The lowest BCUT2D eigenvalue weighted by atomic mass is 9.54. The number of methoxy groups -OCH3 is 2. The normalized spacial score (nSPS) is 33.7. The van der Waals surface area contributed by atoms with Crippen LogP contribution in [0, 0.1) is 23.7 Å². The molecule has 1 heterocycles. The van der Waals surface area contributed by atoms with Gasteiger partial charge in [0.15, 0.2) is 0 Å². The summed E-state index contributed by atoms with van der Waals surface area (Å²) in [6, 6.07) is 6.25. The smallest absolute Gasteiger partial charge is 0.266 e. The highest BCUT2D eigenvalue weighted by Crippen LogP contribution is 2.56. The Morgan fingerprint density at radius 2 is 1.61 bits per heavy atom. The van der Waals surface area contributed by atoms with Crippen molar-refractivity contribution in [3.8, 4) is 11.5 Å². The molecule has 1 aromatic rings. The third-order valence-electron chi connectivity index (χ3n) is 8.23. The van der Waals surface area contributed by atoms with Gasteiger partial charge in [0.25, 0.3) is 5.91 Å². The summed E-state index contributed by atoms with van der Waals surface area (Å²) in [5.74, 6) is 4.74. The molecule has 4 saturated carbocycles. The Hall–Kier alpha value is -2.05. The number of benzene rings is 1. The van der Waals surface area contributed by atoms with Crippen molar-refractivity contribution in [2.24, 2.45) is 23.7 Å². The van der Waals surface area contributed by atoms with Crippen LogP contribution in [0.15, 0.2) is 46.9 Å². The van der Waals surface area contributed by atoms with Gasteiger partial charge in [-0.15, -0.1) is 0 Å². The van der Waals surface area contributed by atoms with E-state index in [0.717, 1.165) is 50.1 Å². The third-order valence-corrected chi connectivity index (χ3v) is 9.56. The number of rotatable bonds is 5. The zero-order chi connectivity index (χ0) is 22.7. The molecule has 0 N–H and O–H groups in total. The van der Waals surface area contributed by atoms with Crippen LogP contribution in [0.25, 0.3) is 5.57 Å². The van der Waals surface area contributed by atoms with Crippen LogP contribution in [0.2, 0.25) is 0 Å². The van der Waals surface area contributed by atoms with E-state index in [-0.39, 0.29) is 5.91 Å². The second kappa shape index (κ2) is 8.31. The minimum Gasteiger partial charge on any atom is -0.497 e. The highest BCUT2D eigenvalue weighted by atomic mass is 32.2. The van der Waals surface area contributed by atoms with Crippen molar-refractivity contribution in [1.29, 1.82) is 0 Å². The Morgan fingerprint density at radius 3 is 2.21 bits per heavy atom. The number of hydrogen-bond donors (Lipinski definition) is 0. The number of hydrogen-bond acceptors (Lipinski definition) is 5. The number of thioether (sulfide) groups is 1. The van der Waals surface area contributed by atoms with Crippen LogP contribution in [0.3, 0.4) is 0 Å². The van der Waals surface area contributed by atoms with Crippen LogP contribution in [-0.2, 0) is 4.79 Å². The van der Waals surface area contributed by atoms with Gasteiger partial charge >= 0.3 is 0 Å². The van der Waals surface area contributed by atoms with Gasteiger partial charge in [0, 0.05) is 12.1 Å².